The number of hydrogen-bond acceptors (Lipinski definition) is 2. The zero-order valence-electron chi connectivity index (χ0n) is 15.6. The highest BCUT2D eigenvalue weighted by molar-refractivity contribution is 6.35. The molecule has 0 radical (unpaired) electrons. The Morgan fingerprint density at radius 1 is 0.929 bits per heavy atom. The molecule has 1 N–H and O–H groups in total. The largest absolute Gasteiger partial charge is 0.487 e. The summed E-state index contributed by atoms with van der Waals surface area (Å²) in [5.74, 6) is 0.418. The Hall–Kier alpha value is -2.07. The van der Waals surface area contributed by atoms with E-state index in [1.54, 1.807) is 18.2 Å². The molecule has 0 aliphatic carbocycles. The molecule has 0 amide bonds. The van der Waals surface area contributed by atoms with E-state index in [0.717, 1.165) is 29.7 Å². The first kappa shape index (κ1) is 20.7. The summed E-state index contributed by atoms with van der Waals surface area (Å²) in [4.78, 5) is 0. The number of rotatable bonds is 8. The molecule has 2 nitrogen and oxygen atoms in total. The molecule has 0 saturated carbocycles. The molecule has 3 rings (SSSR count). The second-order valence-corrected chi connectivity index (χ2v) is 7.55. The molecule has 0 fully saturated rings. The van der Waals surface area contributed by atoms with Crippen LogP contribution in [-0.2, 0) is 19.6 Å². The standard InChI is InChI=1S/C23H22Cl2FNO/c1-16-2-4-18(5-3-16)15-28-23-19(12-20(24)13-22(23)25)14-27-11-10-17-6-8-21(26)9-7-17/h2-9,12-13,27H,10-11,14-15H2,1H3. The van der Waals surface area contributed by atoms with Gasteiger partial charge in [0.25, 0.3) is 0 Å². The van der Waals surface area contributed by atoms with Gasteiger partial charge < -0.3 is 10.1 Å². The maximum Gasteiger partial charge on any atom is 0.142 e. The topological polar surface area (TPSA) is 21.3 Å². The Labute approximate surface area is 175 Å². The van der Waals surface area contributed by atoms with Crippen LogP contribution in [0.15, 0.2) is 60.7 Å². The fourth-order valence-corrected chi connectivity index (χ4v) is 3.44. The van der Waals surface area contributed by atoms with Crippen molar-refractivity contribution < 1.29 is 9.13 Å². The highest BCUT2D eigenvalue weighted by Gasteiger charge is 2.11. The van der Waals surface area contributed by atoms with Gasteiger partial charge in [0.05, 0.1) is 5.02 Å². The van der Waals surface area contributed by atoms with Crippen LogP contribution in [0, 0.1) is 12.7 Å². The van der Waals surface area contributed by atoms with Crippen LogP contribution < -0.4 is 10.1 Å². The molecular formula is C23H22Cl2FNO. The van der Waals surface area contributed by atoms with Crippen LogP contribution in [0.5, 0.6) is 5.75 Å². The average Bonchev–Trinajstić information content (AvgIpc) is 2.67. The molecule has 3 aromatic carbocycles. The van der Waals surface area contributed by atoms with Crippen molar-refractivity contribution in [2.75, 3.05) is 6.54 Å². The van der Waals surface area contributed by atoms with Gasteiger partial charge in [0.1, 0.15) is 18.2 Å². The van der Waals surface area contributed by atoms with E-state index < -0.39 is 0 Å². The van der Waals surface area contributed by atoms with Crippen LogP contribution in [-0.4, -0.2) is 6.54 Å². The summed E-state index contributed by atoms with van der Waals surface area (Å²) in [7, 11) is 0. The third kappa shape index (κ3) is 5.96. The summed E-state index contributed by atoms with van der Waals surface area (Å²) in [5, 5.41) is 4.44. The SMILES string of the molecule is Cc1ccc(COc2c(Cl)cc(Cl)cc2CNCCc2ccc(F)cc2)cc1. The molecule has 5 heteroatoms. The van der Waals surface area contributed by atoms with Gasteiger partial charge in [0.15, 0.2) is 0 Å². The lowest BCUT2D eigenvalue weighted by atomic mass is 10.1. The normalized spacial score (nSPS) is 10.9. The number of benzene rings is 3. The predicted molar refractivity (Wildman–Crippen MR) is 114 cm³/mol. The maximum atomic E-state index is 13.0. The predicted octanol–water partition coefficient (Wildman–Crippen LogP) is 6.35. The fraction of sp³-hybridized carbons (Fsp3) is 0.217. The molecule has 146 valence electrons. The van der Waals surface area contributed by atoms with E-state index in [4.69, 9.17) is 27.9 Å². The monoisotopic (exact) mass is 417 g/mol. The minimum atomic E-state index is -0.222. The van der Waals surface area contributed by atoms with E-state index in [0.29, 0.717) is 28.9 Å². The lowest BCUT2D eigenvalue weighted by Gasteiger charge is -2.15. The highest BCUT2D eigenvalue weighted by atomic mass is 35.5. The van der Waals surface area contributed by atoms with Gasteiger partial charge in [-0.15, -0.1) is 0 Å². The second kappa shape index (κ2) is 9.92. The summed E-state index contributed by atoms with van der Waals surface area (Å²) in [5.41, 5.74) is 4.27. The minimum absolute atomic E-state index is 0.222. The summed E-state index contributed by atoms with van der Waals surface area (Å²) in [6.07, 6.45) is 0.800. The third-order valence-corrected chi connectivity index (χ3v) is 4.91. The zero-order chi connectivity index (χ0) is 19.9. The van der Waals surface area contributed by atoms with Crippen molar-refractivity contribution in [2.24, 2.45) is 0 Å². The molecule has 0 atom stereocenters. The van der Waals surface area contributed by atoms with E-state index in [-0.39, 0.29) is 5.82 Å². The summed E-state index contributed by atoms with van der Waals surface area (Å²) in [6, 6.07) is 18.3. The smallest absolute Gasteiger partial charge is 0.142 e. The summed E-state index contributed by atoms with van der Waals surface area (Å²) < 4.78 is 19.0. The van der Waals surface area contributed by atoms with Crippen molar-refractivity contribution >= 4 is 23.2 Å². The quantitative estimate of drug-likeness (QED) is 0.431. The Balaban J connectivity index is 1.61. The van der Waals surface area contributed by atoms with E-state index in [9.17, 15) is 4.39 Å². The van der Waals surface area contributed by atoms with Gasteiger partial charge in [-0.05, 0) is 55.3 Å². The van der Waals surface area contributed by atoms with Gasteiger partial charge in [0, 0.05) is 17.1 Å². The molecule has 28 heavy (non-hydrogen) atoms. The molecule has 0 aromatic heterocycles. The molecular weight excluding hydrogens is 396 g/mol. The molecule has 0 unspecified atom stereocenters. The van der Waals surface area contributed by atoms with Crippen LogP contribution in [0.4, 0.5) is 4.39 Å². The van der Waals surface area contributed by atoms with E-state index in [2.05, 4.69) is 24.4 Å². The van der Waals surface area contributed by atoms with Gasteiger partial charge >= 0.3 is 0 Å². The maximum absolute atomic E-state index is 13.0. The second-order valence-electron chi connectivity index (χ2n) is 6.70. The van der Waals surface area contributed by atoms with Crippen LogP contribution >= 0.6 is 23.2 Å². The van der Waals surface area contributed by atoms with Gasteiger partial charge in [-0.1, -0.05) is 65.2 Å². The van der Waals surface area contributed by atoms with Crippen LogP contribution in [0.25, 0.3) is 0 Å². The first-order chi connectivity index (χ1) is 13.5. The Morgan fingerprint density at radius 3 is 2.32 bits per heavy atom. The van der Waals surface area contributed by atoms with E-state index >= 15 is 0 Å². The highest BCUT2D eigenvalue weighted by Crippen LogP contribution is 2.33. The minimum Gasteiger partial charge on any atom is -0.487 e. The summed E-state index contributed by atoms with van der Waals surface area (Å²) in [6.45, 7) is 3.80. The lowest BCUT2D eigenvalue weighted by molar-refractivity contribution is 0.302. The van der Waals surface area contributed by atoms with Gasteiger partial charge in [-0.3, -0.25) is 0 Å². The number of halogens is 3. The van der Waals surface area contributed by atoms with Gasteiger partial charge in [-0.25, -0.2) is 4.39 Å². The van der Waals surface area contributed by atoms with E-state index in [1.165, 1.54) is 17.7 Å². The average molecular weight is 418 g/mol. The first-order valence-corrected chi connectivity index (χ1v) is 9.88. The number of aryl methyl sites for hydroxylation is 1. The number of nitrogens with one attached hydrogen (secondary N) is 1. The third-order valence-electron chi connectivity index (χ3n) is 4.41. The van der Waals surface area contributed by atoms with E-state index in [1.807, 2.05) is 18.2 Å². The fourth-order valence-electron chi connectivity index (χ4n) is 2.85. The summed E-state index contributed by atoms with van der Waals surface area (Å²) >= 11 is 12.6. The Bertz CT molecular complexity index is 911. The van der Waals surface area contributed by atoms with Crippen molar-refractivity contribution in [3.63, 3.8) is 0 Å². The molecule has 0 aliphatic rings. The lowest BCUT2D eigenvalue weighted by Crippen LogP contribution is -2.17. The van der Waals surface area contributed by atoms with Crippen molar-refractivity contribution in [3.05, 3.63) is 98.8 Å². The molecule has 3 aromatic rings. The van der Waals surface area contributed by atoms with Crippen molar-refractivity contribution in [1.82, 2.24) is 5.32 Å². The van der Waals surface area contributed by atoms with Gasteiger partial charge in [0.2, 0.25) is 0 Å². The zero-order valence-corrected chi connectivity index (χ0v) is 17.2. The molecule has 0 aliphatic heterocycles. The van der Waals surface area contributed by atoms with Crippen molar-refractivity contribution in [1.29, 1.82) is 0 Å². The number of hydrogen-bond donors (Lipinski definition) is 1. The van der Waals surface area contributed by atoms with Crippen LogP contribution in [0.2, 0.25) is 10.0 Å². The van der Waals surface area contributed by atoms with Crippen LogP contribution in [0.3, 0.4) is 0 Å². The van der Waals surface area contributed by atoms with Crippen LogP contribution in [0.1, 0.15) is 22.3 Å². The first-order valence-electron chi connectivity index (χ1n) is 9.12. The molecule has 0 heterocycles. The Kier molecular flexibility index (Phi) is 7.32. The molecule has 0 saturated heterocycles. The van der Waals surface area contributed by atoms with Gasteiger partial charge in [-0.2, -0.15) is 0 Å². The van der Waals surface area contributed by atoms with Crippen molar-refractivity contribution in [2.45, 2.75) is 26.5 Å². The number of ether oxygens (including phenoxy) is 1. The van der Waals surface area contributed by atoms with Crippen molar-refractivity contribution in [3.8, 4) is 5.75 Å². The molecule has 0 bridgehead atoms. The Morgan fingerprint density at radius 2 is 1.61 bits per heavy atom. The molecule has 0 spiro atoms.